The number of amides is 1. The Hall–Kier alpha value is -1.88. The molecule has 1 aromatic carbocycles. The van der Waals surface area contributed by atoms with Gasteiger partial charge in [-0.2, -0.15) is 0 Å². The molecule has 5 nitrogen and oxygen atoms in total. The predicted molar refractivity (Wildman–Crippen MR) is 87.3 cm³/mol. The Labute approximate surface area is 136 Å². The Morgan fingerprint density at radius 3 is 2.26 bits per heavy atom. The average molecular weight is 316 g/mol. The molecule has 2 atom stereocenters. The largest absolute Gasteiger partial charge is 0.481 e. The number of carbonyl (C=O) groups is 2. The standard InChI is InChI=1S/C18H24N2O3/c21-17(14-6-2-1-3-7-14)20-12-10-19(11-13-20)16-9-5-4-8-15(16)18(22)23/h1-3,6-7,15-16H,4-5,8-13H2,(H,22,23). The normalized spacial score (nSPS) is 26.0. The predicted octanol–water partition coefficient (Wildman–Crippen LogP) is 2.09. The average Bonchev–Trinajstić information content (AvgIpc) is 2.62. The number of carbonyl (C=O) groups excluding carboxylic acids is 1. The summed E-state index contributed by atoms with van der Waals surface area (Å²) in [6, 6.07) is 9.48. The van der Waals surface area contributed by atoms with Gasteiger partial charge in [-0.25, -0.2) is 0 Å². The highest BCUT2D eigenvalue weighted by atomic mass is 16.4. The van der Waals surface area contributed by atoms with Gasteiger partial charge in [0.1, 0.15) is 0 Å². The van der Waals surface area contributed by atoms with E-state index in [0.717, 1.165) is 44.3 Å². The molecule has 1 aromatic rings. The molecule has 3 rings (SSSR count). The van der Waals surface area contributed by atoms with Crippen LogP contribution in [0.25, 0.3) is 0 Å². The van der Waals surface area contributed by atoms with Crippen LogP contribution in [0.5, 0.6) is 0 Å². The zero-order chi connectivity index (χ0) is 16.2. The van der Waals surface area contributed by atoms with Crippen molar-refractivity contribution in [2.24, 2.45) is 5.92 Å². The van der Waals surface area contributed by atoms with Crippen molar-refractivity contribution in [3.8, 4) is 0 Å². The highest BCUT2D eigenvalue weighted by molar-refractivity contribution is 5.94. The molecule has 1 N–H and O–H groups in total. The number of carboxylic acids is 1. The van der Waals surface area contributed by atoms with Crippen LogP contribution in [0.3, 0.4) is 0 Å². The molecule has 1 heterocycles. The van der Waals surface area contributed by atoms with Crippen molar-refractivity contribution < 1.29 is 14.7 Å². The van der Waals surface area contributed by atoms with E-state index < -0.39 is 5.97 Å². The molecule has 124 valence electrons. The van der Waals surface area contributed by atoms with Crippen LogP contribution in [0.15, 0.2) is 30.3 Å². The number of nitrogens with zero attached hydrogens (tertiary/aromatic N) is 2. The fourth-order valence-corrected chi connectivity index (χ4v) is 3.86. The Morgan fingerprint density at radius 2 is 1.61 bits per heavy atom. The van der Waals surface area contributed by atoms with Gasteiger partial charge in [-0.05, 0) is 25.0 Å². The topological polar surface area (TPSA) is 60.9 Å². The SMILES string of the molecule is O=C(O)C1CCCCC1N1CCN(C(=O)c2ccccc2)CC1. The van der Waals surface area contributed by atoms with Gasteiger partial charge in [0.05, 0.1) is 5.92 Å². The summed E-state index contributed by atoms with van der Waals surface area (Å²) >= 11 is 0. The van der Waals surface area contributed by atoms with Gasteiger partial charge >= 0.3 is 5.97 Å². The summed E-state index contributed by atoms with van der Waals surface area (Å²) < 4.78 is 0. The van der Waals surface area contributed by atoms with Crippen molar-refractivity contribution in [3.05, 3.63) is 35.9 Å². The second kappa shape index (κ2) is 7.13. The van der Waals surface area contributed by atoms with Gasteiger partial charge in [0, 0.05) is 37.8 Å². The van der Waals surface area contributed by atoms with Crippen LogP contribution in [0, 0.1) is 5.92 Å². The van der Waals surface area contributed by atoms with Crippen molar-refractivity contribution in [1.82, 2.24) is 9.80 Å². The Kier molecular flexibility index (Phi) is 4.96. The molecule has 0 bridgehead atoms. The molecular formula is C18H24N2O3. The first-order valence-electron chi connectivity index (χ1n) is 8.48. The van der Waals surface area contributed by atoms with Crippen LogP contribution in [-0.2, 0) is 4.79 Å². The van der Waals surface area contributed by atoms with E-state index >= 15 is 0 Å². The lowest BCUT2D eigenvalue weighted by atomic mass is 9.83. The highest BCUT2D eigenvalue weighted by Crippen LogP contribution is 2.29. The first-order valence-corrected chi connectivity index (χ1v) is 8.48. The molecule has 1 aliphatic heterocycles. The van der Waals surface area contributed by atoms with E-state index in [4.69, 9.17) is 0 Å². The summed E-state index contributed by atoms with van der Waals surface area (Å²) in [5, 5.41) is 9.44. The fraction of sp³-hybridized carbons (Fsp3) is 0.556. The number of rotatable bonds is 3. The number of hydrogen-bond donors (Lipinski definition) is 1. The lowest BCUT2D eigenvalue weighted by molar-refractivity contribution is -0.146. The summed E-state index contributed by atoms with van der Waals surface area (Å²) in [5.41, 5.74) is 0.724. The van der Waals surface area contributed by atoms with Crippen LogP contribution < -0.4 is 0 Å². The van der Waals surface area contributed by atoms with Crippen molar-refractivity contribution in [2.75, 3.05) is 26.2 Å². The second-order valence-corrected chi connectivity index (χ2v) is 6.49. The van der Waals surface area contributed by atoms with Crippen LogP contribution in [-0.4, -0.2) is 59.0 Å². The van der Waals surface area contributed by atoms with Crippen molar-refractivity contribution in [1.29, 1.82) is 0 Å². The minimum absolute atomic E-state index is 0.0729. The quantitative estimate of drug-likeness (QED) is 0.927. The van der Waals surface area contributed by atoms with Crippen LogP contribution in [0.2, 0.25) is 0 Å². The van der Waals surface area contributed by atoms with Gasteiger partial charge in [0.25, 0.3) is 5.91 Å². The summed E-state index contributed by atoms with van der Waals surface area (Å²) in [7, 11) is 0. The summed E-state index contributed by atoms with van der Waals surface area (Å²) in [4.78, 5) is 28.1. The van der Waals surface area contributed by atoms with Crippen molar-refractivity contribution in [3.63, 3.8) is 0 Å². The Bertz CT molecular complexity index is 553. The molecule has 2 fully saturated rings. The van der Waals surface area contributed by atoms with Crippen molar-refractivity contribution in [2.45, 2.75) is 31.7 Å². The van der Waals surface area contributed by atoms with E-state index in [1.807, 2.05) is 35.2 Å². The summed E-state index contributed by atoms with van der Waals surface area (Å²) in [6.45, 7) is 2.90. The maximum atomic E-state index is 12.5. The molecule has 2 aliphatic rings. The third-order valence-corrected chi connectivity index (χ3v) is 5.14. The van der Waals surface area contributed by atoms with E-state index in [-0.39, 0.29) is 17.9 Å². The number of aliphatic carboxylic acids is 1. The van der Waals surface area contributed by atoms with Crippen molar-refractivity contribution >= 4 is 11.9 Å². The number of carboxylic acid groups (broad SMARTS) is 1. The molecule has 0 radical (unpaired) electrons. The first-order chi connectivity index (χ1) is 11.2. The van der Waals surface area contributed by atoms with E-state index in [2.05, 4.69) is 4.90 Å². The molecule has 1 saturated carbocycles. The van der Waals surface area contributed by atoms with E-state index in [1.54, 1.807) is 0 Å². The minimum Gasteiger partial charge on any atom is -0.481 e. The molecule has 1 saturated heterocycles. The third kappa shape index (κ3) is 3.55. The molecule has 1 aliphatic carbocycles. The molecule has 1 amide bonds. The van der Waals surface area contributed by atoms with E-state index in [1.165, 1.54) is 0 Å². The summed E-state index contributed by atoms with van der Waals surface area (Å²) in [6.07, 6.45) is 3.87. The molecule has 2 unspecified atom stereocenters. The van der Waals surface area contributed by atoms with Crippen LogP contribution in [0.4, 0.5) is 0 Å². The maximum absolute atomic E-state index is 12.5. The lowest BCUT2D eigenvalue weighted by Gasteiger charge is -2.43. The number of benzene rings is 1. The monoisotopic (exact) mass is 316 g/mol. The van der Waals surface area contributed by atoms with Gasteiger partial charge in [-0.3, -0.25) is 14.5 Å². The number of hydrogen-bond acceptors (Lipinski definition) is 3. The number of piperazine rings is 1. The van der Waals surface area contributed by atoms with Crippen LogP contribution >= 0.6 is 0 Å². The van der Waals surface area contributed by atoms with Gasteiger partial charge in [-0.15, -0.1) is 0 Å². The second-order valence-electron chi connectivity index (χ2n) is 6.49. The van der Waals surface area contributed by atoms with Crippen LogP contribution in [0.1, 0.15) is 36.0 Å². The third-order valence-electron chi connectivity index (χ3n) is 5.14. The van der Waals surface area contributed by atoms with Gasteiger partial charge < -0.3 is 10.0 Å². The summed E-state index contributed by atoms with van der Waals surface area (Å²) in [5.74, 6) is -0.846. The smallest absolute Gasteiger partial charge is 0.308 e. The minimum atomic E-state index is -0.669. The van der Waals surface area contributed by atoms with Gasteiger partial charge in [0.2, 0.25) is 0 Å². The lowest BCUT2D eigenvalue weighted by Crippen LogP contribution is -2.55. The Balaban J connectivity index is 1.59. The van der Waals surface area contributed by atoms with E-state index in [0.29, 0.717) is 13.1 Å². The Morgan fingerprint density at radius 1 is 0.957 bits per heavy atom. The fourth-order valence-electron chi connectivity index (χ4n) is 3.86. The molecule has 5 heteroatoms. The van der Waals surface area contributed by atoms with Gasteiger partial charge in [0.15, 0.2) is 0 Å². The van der Waals surface area contributed by atoms with E-state index in [9.17, 15) is 14.7 Å². The molecular weight excluding hydrogens is 292 g/mol. The molecule has 0 spiro atoms. The first kappa shape index (κ1) is 16.0. The maximum Gasteiger partial charge on any atom is 0.308 e. The highest BCUT2D eigenvalue weighted by Gasteiger charge is 2.36. The molecule has 23 heavy (non-hydrogen) atoms. The van der Waals surface area contributed by atoms with Gasteiger partial charge in [-0.1, -0.05) is 31.0 Å². The zero-order valence-electron chi connectivity index (χ0n) is 13.4. The molecule has 0 aromatic heterocycles. The zero-order valence-corrected chi connectivity index (χ0v) is 13.4.